The predicted octanol–water partition coefficient (Wildman–Crippen LogP) is 0.717. The normalized spacial score (nSPS) is 23.4. The van der Waals surface area contributed by atoms with Crippen LogP contribution < -0.4 is 5.73 Å². The van der Waals surface area contributed by atoms with E-state index in [9.17, 15) is 8.42 Å². The smallest absolute Gasteiger partial charge is 0.252 e. The van der Waals surface area contributed by atoms with Gasteiger partial charge in [0.2, 0.25) is 0 Å². The number of nitrogens with zero attached hydrogens (tertiary/aromatic N) is 1. The Labute approximate surface area is 93.8 Å². The number of hydrogen-bond donors (Lipinski definition) is 1. The number of thiophene rings is 1. The zero-order chi connectivity index (χ0) is 10.9. The van der Waals surface area contributed by atoms with E-state index < -0.39 is 10.0 Å². The highest BCUT2D eigenvalue weighted by Crippen LogP contribution is 2.26. The molecule has 0 saturated carbocycles. The van der Waals surface area contributed by atoms with Gasteiger partial charge in [-0.1, -0.05) is 6.07 Å². The summed E-state index contributed by atoms with van der Waals surface area (Å²) in [5.41, 5.74) is 5.54. The number of rotatable bonds is 3. The molecule has 0 radical (unpaired) electrons. The lowest BCUT2D eigenvalue weighted by Crippen LogP contribution is -2.29. The summed E-state index contributed by atoms with van der Waals surface area (Å²) in [4.78, 5) is 0. The van der Waals surface area contributed by atoms with Crippen LogP contribution in [-0.2, 0) is 10.0 Å². The van der Waals surface area contributed by atoms with Crippen LogP contribution in [0.3, 0.4) is 0 Å². The summed E-state index contributed by atoms with van der Waals surface area (Å²) >= 11 is 1.26. The molecule has 0 unspecified atom stereocenters. The molecule has 1 aromatic rings. The molecule has 2 heterocycles. The maximum Gasteiger partial charge on any atom is 0.252 e. The van der Waals surface area contributed by atoms with Gasteiger partial charge >= 0.3 is 0 Å². The van der Waals surface area contributed by atoms with E-state index in [4.69, 9.17) is 5.73 Å². The second-order valence-electron chi connectivity index (χ2n) is 3.69. The zero-order valence-corrected chi connectivity index (χ0v) is 9.93. The van der Waals surface area contributed by atoms with E-state index in [2.05, 4.69) is 0 Å². The third-order valence-corrected chi connectivity index (χ3v) is 5.91. The Hall–Kier alpha value is -0.430. The van der Waals surface area contributed by atoms with E-state index in [1.807, 2.05) is 0 Å². The van der Waals surface area contributed by atoms with Gasteiger partial charge in [-0.15, -0.1) is 11.3 Å². The maximum atomic E-state index is 12.1. The van der Waals surface area contributed by atoms with E-state index in [1.54, 1.807) is 17.5 Å². The molecular formula is C9H14N2O2S2. The molecule has 0 aliphatic carbocycles. The number of hydrogen-bond acceptors (Lipinski definition) is 4. The molecule has 0 spiro atoms. The summed E-state index contributed by atoms with van der Waals surface area (Å²) in [7, 11) is -3.24. The molecule has 1 atom stereocenters. The van der Waals surface area contributed by atoms with Crippen LogP contribution in [0.25, 0.3) is 0 Å². The average Bonchev–Trinajstić information content (AvgIpc) is 2.89. The molecule has 0 bridgehead atoms. The van der Waals surface area contributed by atoms with Crippen molar-refractivity contribution < 1.29 is 8.42 Å². The van der Waals surface area contributed by atoms with E-state index in [0.717, 1.165) is 6.42 Å². The molecule has 2 N–H and O–H groups in total. The first-order valence-electron chi connectivity index (χ1n) is 4.88. The molecule has 15 heavy (non-hydrogen) atoms. The first-order valence-corrected chi connectivity index (χ1v) is 7.20. The molecule has 0 amide bonds. The molecule has 1 aliphatic heterocycles. The topological polar surface area (TPSA) is 63.4 Å². The van der Waals surface area contributed by atoms with Gasteiger partial charge in [-0.05, 0) is 30.3 Å². The lowest BCUT2D eigenvalue weighted by Gasteiger charge is -2.14. The highest BCUT2D eigenvalue weighted by atomic mass is 32.2. The minimum absolute atomic E-state index is 0.319. The molecule has 84 valence electrons. The Balaban J connectivity index is 2.18. The molecule has 4 nitrogen and oxygen atoms in total. The summed E-state index contributed by atoms with van der Waals surface area (Å²) < 4.78 is 26.1. The van der Waals surface area contributed by atoms with Crippen LogP contribution in [0.1, 0.15) is 6.42 Å². The van der Waals surface area contributed by atoms with Crippen molar-refractivity contribution in [3.8, 4) is 0 Å². The second-order valence-corrected chi connectivity index (χ2v) is 6.80. The van der Waals surface area contributed by atoms with E-state index in [0.29, 0.717) is 29.8 Å². The standard InChI is InChI=1S/C9H14N2O2S2/c10-6-8-3-4-11(7-8)15(12,13)9-2-1-5-14-9/h1-2,5,8H,3-4,6-7,10H2/t8-/m1/s1. The van der Waals surface area contributed by atoms with Crippen LogP contribution in [0.2, 0.25) is 0 Å². The highest BCUT2D eigenvalue weighted by molar-refractivity contribution is 7.91. The monoisotopic (exact) mass is 246 g/mol. The van der Waals surface area contributed by atoms with Crippen LogP contribution >= 0.6 is 11.3 Å². The van der Waals surface area contributed by atoms with Crippen molar-refractivity contribution >= 4 is 21.4 Å². The van der Waals surface area contributed by atoms with Crippen molar-refractivity contribution in [3.05, 3.63) is 17.5 Å². The van der Waals surface area contributed by atoms with Gasteiger partial charge in [0.1, 0.15) is 4.21 Å². The zero-order valence-electron chi connectivity index (χ0n) is 8.30. The van der Waals surface area contributed by atoms with Crippen LogP contribution in [-0.4, -0.2) is 32.4 Å². The Bertz CT molecular complexity index is 413. The summed E-state index contributed by atoms with van der Waals surface area (Å²) in [5.74, 6) is 0.319. The van der Waals surface area contributed by atoms with Gasteiger partial charge in [-0.25, -0.2) is 8.42 Å². The quantitative estimate of drug-likeness (QED) is 0.854. The first-order chi connectivity index (χ1) is 7.14. The molecule has 2 rings (SSSR count). The maximum absolute atomic E-state index is 12.1. The van der Waals surface area contributed by atoms with Crippen LogP contribution in [0.4, 0.5) is 0 Å². The minimum Gasteiger partial charge on any atom is -0.330 e. The van der Waals surface area contributed by atoms with E-state index >= 15 is 0 Å². The van der Waals surface area contributed by atoms with Crippen molar-refractivity contribution in [1.29, 1.82) is 0 Å². The average molecular weight is 246 g/mol. The van der Waals surface area contributed by atoms with Gasteiger partial charge in [0.25, 0.3) is 10.0 Å². The third kappa shape index (κ3) is 2.08. The highest BCUT2D eigenvalue weighted by Gasteiger charge is 2.32. The Morgan fingerprint density at radius 3 is 2.93 bits per heavy atom. The molecule has 1 saturated heterocycles. The largest absolute Gasteiger partial charge is 0.330 e. The van der Waals surface area contributed by atoms with E-state index in [-0.39, 0.29) is 0 Å². The fourth-order valence-corrected chi connectivity index (χ4v) is 4.42. The first kappa shape index (κ1) is 11.1. The van der Waals surface area contributed by atoms with Gasteiger partial charge < -0.3 is 5.73 Å². The van der Waals surface area contributed by atoms with Gasteiger partial charge in [-0.2, -0.15) is 4.31 Å². The lowest BCUT2D eigenvalue weighted by atomic mass is 10.1. The molecular weight excluding hydrogens is 232 g/mol. The summed E-state index contributed by atoms with van der Waals surface area (Å²) in [5, 5.41) is 1.78. The van der Waals surface area contributed by atoms with Crippen molar-refractivity contribution in [2.75, 3.05) is 19.6 Å². The Morgan fingerprint density at radius 2 is 2.40 bits per heavy atom. The summed E-state index contributed by atoms with van der Waals surface area (Å²) in [6, 6.07) is 3.41. The van der Waals surface area contributed by atoms with E-state index in [1.165, 1.54) is 15.6 Å². The molecule has 0 aromatic carbocycles. The van der Waals surface area contributed by atoms with Gasteiger partial charge in [0, 0.05) is 13.1 Å². The van der Waals surface area contributed by atoms with Crippen molar-refractivity contribution in [3.63, 3.8) is 0 Å². The Morgan fingerprint density at radius 1 is 1.60 bits per heavy atom. The van der Waals surface area contributed by atoms with Crippen LogP contribution in [0.15, 0.2) is 21.7 Å². The van der Waals surface area contributed by atoms with Crippen molar-refractivity contribution in [2.24, 2.45) is 11.7 Å². The SMILES string of the molecule is NC[C@H]1CCN(S(=O)(=O)c2cccs2)C1. The molecule has 1 aromatic heterocycles. The van der Waals surface area contributed by atoms with Crippen LogP contribution in [0.5, 0.6) is 0 Å². The molecule has 1 fully saturated rings. The summed E-state index contributed by atoms with van der Waals surface area (Å²) in [6.07, 6.45) is 0.876. The minimum atomic E-state index is -3.24. The molecule has 6 heteroatoms. The fourth-order valence-electron chi connectivity index (χ4n) is 1.75. The van der Waals surface area contributed by atoms with Crippen LogP contribution in [0, 0.1) is 5.92 Å². The second kappa shape index (κ2) is 4.21. The van der Waals surface area contributed by atoms with Crippen molar-refractivity contribution in [1.82, 2.24) is 4.31 Å². The van der Waals surface area contributed by atoms with Gasteiger partial charge in [0.05, 0.1) is 0 Å². The van der Waals surface area contributed by atoms with Gasteiger partial charge in [-0.3, -0.25) is 0 Å². The summed E-state index contributed by atoms with van der Waals surface area (Å²) in [6.45, 7) is 1.73. The lowest BCUT2D eigenvalue weighted by molar-refractivity contribution is 0.460. The van der Waals surface area contributed by atoms with Crippen molar-refractivity contribution in [2.45, 2.75) is 10.6 Å². The Kier molecular flexibility index (Phi) is 3.11. The van der Waals surface area contributed by atoms with Gasteiger partial charge in [0.15, 0.2) is 0 Å². The predicted molar refractivity (Wildman–Crippen MR) is 60.2 cm³/mol. The fraction of sp³-hybridized carbons (Fsp3) is 0.556. The molecule has 1 aliphatic rings. The number of sulfonamides is 1. The third-order valence-electron chi connectivity index (χ3n) is 2.67. The number of nitrogens with two attached hydrogens (primary N) is 1.